The Hall–Kier alpha value is -3.99. The Kier molecular flexibility index (Phi) is 6.57. The van der Waals surface area contributed by atoms with E-state index in [2.05, 4.69) is 25.9 Å². The van der Waals surface area contributed by atoms with Crippen LogP contribution in [0.5, 0.6) is 0 Å². The number of benzene rings is 1. The maximum atomic E-state index is 11.8. The van der Waals surface area contributed by atoms with Crippen LogP contribution in [-0.4, -0.2) is 55.9 Å². The standard InChI is InChI=1S/C24H26N8O2S/c1-16(33)27-17-5-7-18(8-6-17)28-22-21-23(32(15-26-21)19-9-13-35-14-19)30-24(29-22)25-10-3-12-31-11-2-4-20(31)34/h5-9,13-15H,2-4,10-12H2,1H3,(H,27,33)(H2,25,28,29,30). The van der Waals surface area contributed by atoms with Gasteiger partial charge in [-0.1, -0.05) is 0 Å². The summed E-state index contributed by atoms with van der Waals surface area (Å²) in [4.78, 5) is 39.0. The number of likely N-dealkylation sites (tertiary alicyclic amines) is 1. The van der Waals surface area contributed by atoms with Crippen LogP contribution >= 0.6 is 11.3 Å². The van der Waals surface area contributed by atoms with Crippen LogP contribution in [0.2, 0.25) is 0 Å². The zero-order chi connectivity index (χ0) is 24.2. The van der Waals surface area contributed by atoms with Gasteiger partial charge < -0.3 is 20.9 Å². The molecule has 4 aromatic rings. The quantitative estimate of drug-likeness (QED) is 0.304. The molecule has 1 aliphatic heterocycles. The number of nitrogens with one attached hydrogen (secondary N) is 3. The molecule has 0 bridgehead atoms. The summed E-state index contributed by atoms with van der Waals surface area (Å²) in [6, 6.07) is 9.40. The second-order valence-electron chi connectivity index (χ2n) is 8.31. The van der Waals surface area contributed by atoms with E-state index in [1.54, 1.807) is 17.7 Å². The molecule has 180 valence electrons. The maximum absolute atomic E-state index is 11.8. The molecule has 4 heterocycles. The van der Waals surface area contributed by atoms with Gasteiger partial charge in [0.2, 0.25) is 17.8 Å². The van der Waals surface area contributed by atoms with Gasteiger partial charge in [0.25, 0.3) is 0 Å². The Labute approximate surface area is 206 Å². The van der Waals surface area contributed by atoms with E-state index in [9.17, 15) is 9.59 Å². The molecule has 0 saturated carbocycles. The molecular weight excluding hydrogens is 464 g/mol. The van der Waals surface area contributed by atoms with Crippen molar-refractivity contribution in [3.05, 3.63) is 47.4 Å². The van der Waals surface area contributed by atoms with Crippen LogP contribution in [0.4, 0.5) is 23.1 Å². The molecule has 1 fully saturated rings. The molecule has 3 N–H and O–H groups in total. The number of thiophene rings is 1. The van der Waals surface area contributed by atoms with Crippen LogP contribution in [0.15, 0.2) is 47.4 Å². The average molecular weight is 491 g/mol. The Bertz CT molecular complexity index is 1330. The van der Waals surface area contributed by atoms with Crippen molar-refractivity contribution in [3.8, 4) is 5.69 Å². The van der Waals surface area contributed by atoms with Gasteiger partial charge in [0, 0.05) is 49.7 Å². The first-order chi connectivity index (χ1) is 17.1. The molecule has 2 amide bonds. The molecule has 0 unspecified atom stereocenters. The number of carbonyl (C=O) groups excluding carboxylic acids is 2. The highest BCUT2D eigenvalue weighted by molar-refractivity contribution is 7.08. The number of amides is 2. The summed E-state index contributed by atoms with van der Waals surface area (Å²) < 4.78 is 1.94. The molecule has 0 radical (unpaired) electrons. The number of hydrogen-bond acceptors (Lipinski definition) is 8. The van der Waals surface area contributed by atoms with Crippen LogP contribution in [0.3, 0.4) is 0 Å². The number of rotatable bonds is 9. The van der Waals surface area contributed by atoms with E-state index in [-0.39, 0.29) is 11.8 Å². The molecule has 11 heteroatoms. The Morgan fingerprint density at radius 1 is 1.14 bits per heavy atom. The third kappa shape index (κ3) is 5.24. The lowest BCUT2D eigenvalue weighted by atomic mass is 10.2. The monoisotopic (exact) mass is 490 g/mol. The highest BCUT2D eigenvalue weighted by Crippen LogP contribution is 2.27. The van der Waals surface area contributed by atoms with Crippen molar-refractivity contribution in [1.82, 2.24) is 24.4 Å². The summed E-state index contributed by atoms with van der Waals surface area (Å²) in [5, 5.41) is 13.5. The van der Waals surface area contributed by atoms with Crippen molar-refractivity contribution in [2.75, 3.05) is 35.6 Å². The Balaban J connectivity index is 1.38. The molecule has 0 atom stereocenters. The Morgan fingerprint density at radius 2 is 1.97 bits per heavy atom. The summed E-state index contributed by atoms with van der Waals surface area (Å²) in [6.07, 6.45) is 4.15. The molecule has 1 saturated heterocycles. The first kappa shape index (κ1) is 22.8. The van der Waals surface area contributed by atoms with Crippen LogP contribution in [-0.2, 0) is 9.59 Å². The van der Waals surface area contributed by atoms with Gasteiger partial charge in [-0.3, -0.25) is 14.2 Å². The number of nitrogens with zero attached hydrogens (tertiary/aromatic N) is 5. The summed E-state index contributed by atoms with van der Waals surface area (Å²) in [5.74, 6) is 1.18. The fraction of sp³-hybridized carbons (Fsp3) is 0.292. The SMILES string of the molecule is CC(=O)Nc1ccc(Nc2nc(NCCCN3CCCC3=O)nc3c2ncn3-c2ccsc2)cc1. The zero-order valence-electron chi connectivity index (χ0n) is 19.3. The van der Waals surface area contributed by atoms with Gasteiger partial charge in [-0.2, -0.15) is 21.3 Å². The van der Waals surface area contributed by atoms with Gasteiger partial charge in [-0.05, 0) is 48.6 Å². The summed E-state index contributed by atoms with van der Waals surface area (Å²) in [6.45, 7) is 3.69. The number of carbonyl (C=O) groups is 2. The van der Waals surface area contributed by atoms with E-state index in [4.69, 9.17) is 4.98 Å². The summed E-state index contributed by atoms with van der Waals surface area (Å²) in [7, 11) is 0. The minimum atomic E-state index is -0.119. The molecule has 10 nitrogen and oxygen atoms in total. The van der Waals surface area contributed by atoms with Crippen molar-refractivity contribution in [3.63, 3.8) is 0 Å². The van der Waals surface area contributed by atoms with Gasteiger partial charge in [0.1, 0.15) is 6.33 Å². The molecule has 0 aliphatic carbocycles. The highest BCUT2D eigenvalue weighted by atomic mass is 32.1. The summed E-state index contributed by atoms with van der Waals surface area (Å²) in [5.41, 5.74) is 3.85. The maximum Gasteiger partial charge on any atom is 0.226 e. The van der Waals surface area contributed by atoms with Crippen LogP contribution in [0.25, 0.3) is 16.9 Å². The van der Waals surface area contributed by atoms with Crippen LogP contribution in [0, 0.1) is 0 Å². The van der Waals surface area contributed by atoms with Gasteiger partial charge in [-0.15, -0.1) is 0 Å². The van der Waals surface area contributed by atoms with Gasteiger partial charge in [-0.25, -0.2) is 4.98 Å². The van der Waals surface area contributed by atoms with Crippen LogP contribution in [0.1, 0.15) is 26.2 Å². The number of imidazole rings is 1. The van der Waals surface area contributed by atoms with Gasteiger partial charge in [0.05, 0.1) is 5.69 Å². The summed E-state index contributed by atoms with van der Waals surface area (Å²) >= 11 is 1.61. The van der Waals surface area contributed by atoms with E-state index in [0.29, 0.717) is 35.9 Å². The van der Waals surface area contributed by atoms with Crippen molar-refractivity contribution < 1.29 is 9.59 Å². The lowest BCUT2D eigenvalue weighted by Crippen LogP contribution is -2.27. The second-order valence-corrected chi connectivity index (χ2v) is 9.09. The molecular formula is C24H26N8O2S. The zero-order valence-corrected chi connectivity index (χ0v) is 20.1. The average Bonchev–Trinajstić information content (AvgIpc) is 3.59. The first-order valence-electron chi connectivity index (χ1n) is 11.5. The largest absolute Gasteiger partial charge is 0.354 e. The molecule has 5 rings (SSSR count). The second kappa shape index (κ2) is 10.1. The minimum absolute atomic E-state index is 0.119. The van der Waals surface area contributed by atoms with E-state index < -0.39 is 0 Å². The third-order valence-corrected chi connectivity index (χ3v) is 6.38. The van der Waals surface area contributed by atoms with Gasteiger partial charge >= 0.3 is 0 Å². The van der Waals surface area contributed by atoms with E-state index in [0.717, 1.165) is 43.0 Å². The molecule has 35 heavy (non-hydrogen) atoms. The Morgan fingerprint density at radius 3 is 2.69 bits per heavy atom. The number of fused-ring (bicyclic) bond motifs is 1. The molecule has 3 aromatic heterocycles. The van der Waals surface area contributed by atoms with E-state index in [1.165, 1.54) is 6.92 Å². The molecule has 1 aliphatic rings. The molecule has 0 spiro atoms. The topological polar surface area (TPSA) is 117 Å². The predicted molar refractivity (Wildman–Crippen MR) is 137 cm³/mol. The highest BCUT2D eigenvalue weighted by Gasteiger charge is 2.19. The normalized spacial score (nSPS) is 13.4. The van der Waals surface area contributed by atoms with Crippen molar-refractivity contribution in [2.24, 2.45) is 0 Å². The fourth-order valence-electron chi connectivity index (χ4n) is 4.04. The van der Waals surface area contributed by atoms with Crippen molar-refractivity contribution in [1.29, 1.82) is 0 Å². The smallest absolute Gasteiger partial charge is 0.226 e. The number of anilines is 4. The first-order valence-corrected chi connectivity index (χ1v) is 12.4. The van der Waals surface area contributed by atoms with Crippen molar-refractivity contribution in [2.45, 2.75) is 26.2 Å². The number of aromatic nitrogens is 4. The fourth-order valence-corrected chi connectivity index (χ4v) is 4.67. The van der Waals surface area contributed by atoms with Crippen molar-refractivity contribution >= 4 is 57.5 Å². The number of hydrogen-bond donors (Lipinski definition) is 3. The third-order valence-electron chi connectivity index (χ3n) is 5.71. The van der Waals surface area contributed by atoms with E-state index >= 15 is 0 Å². The van der Waals surface area contributed by atoms with Gasteiger partial charge in [0.15, 0.2) is 17.0 Å². The lowest BCUT2D eigenvalue weighted by Gasteiger charge is -2.15. The van der Waals surface area contributed by atoms with Crippen LogP contribution < -0.4 is 16.0 Å². The predicted octanol–water partition coefficient (Wildman–Crippen LogP) is 4.00. The van der Waals surface area contributed by atoms with E-state index in [1.807, 2.05) is 50.6 Å². The minimum Gasteiger partial charge on any atom is -0.354 e. The molecule has 1 aromatic carbocycles. The lowest BCUT2D eigenvalue weighted by molar-refractivity contribution is -0.127.